The summed E-state index contributed by atoms with van der Waals surface area (Å²) in [5, 5.41) is 1.22. The molecule has 0 aromatic heterocycles. The van der Waals surface area contributed by atoms with E-state index in [1.165, 1.54) is 17.8 Å². The van der Waals surface area contributed by atoms with Gasteiger partial charge in [-0.15, -0.1) is 11.8 Å². The average molecular weight is 330 g/mol. The Hall–Kier alpha value is -0.740. The van der Waals surface area contributed by atoms with Gasteiger partial charge in [-0.05, 0) is 36.2 Å². The van der Waals surface area contributed by atoms with Gasteiger partial charge >= 0.3 is 0 Å². The van der Waals surface area contributed by atoms with Crippen LogP contribution in [0.3, 0.4) is 0 Å². The van der Waals surface area contributed by atoms with Crippen LogP contribution in [0.25, 0.3) is 0 Å². The van der Waals surface area contributed by atoms with E-state index in [1.807, 2.05) is 12.1 Å². The first-order valence-corrected chi connectivity index (χ1v) is 7.87. The number of nitrogens with two attached hydrogens (primary N) is 1. The topological polar surface area (TPSA) is 26.0 Å². The van der Waals surface area contributed by atoms with Gasteiger partial charge in [0, 0.05) is 26.7 Å². The molecule has 2 aromatic carbocycles. The van der Waals surface area contributed by atoms with Crippen molar-refractivity contribution in [2.45, 2.75) is 17.4 Å². The van der Waals surface area contributed by atoms with Gasteiger partial charge in [-0.1, -0.05) is 41.4 Å². The molecule has 106 valence electrons. The van der Waals surface area contributed by atoms with Crippen molar-refractivity contribution in [3.8, 4) is 0 Å². The maximum absolute atomic E-state index is 13.5. The second-order valence-electron chi connectivity index (χ2n) is 4.44. The molecule has 2 N–H and O–H groups in total. The molecule has 5 heteroatoms. The zero-order valence-corrected chi connectivity index (χ0v) is 13.0. The van der Waals surface area contributed by atoms with Crippen molar-refractivity contribution in [3.05, 3.63) is 63.9 Å². The molecular weight excluding hydrogens is 316 g/mol. The van der Waals surface area contributed by atoms with Crippen molar-refractivity contribution in [2.24, 2.45) is 5.73 Å². The van der Waals surface area contributed by atoms with E-state index in [4.69, 9.17) is 28.9 Å². The normalized spacial score (nSPS) is 12.4. The zero-order valence-electron chi connectivity index (χ0n) is 10.7. The van der Waals surface area contributed by atoms with Gasteiger partial charge in [0.05, 0.1) is 0 Å². The predicted molar refractivity (Wildman–Crippen MR) is 85.3 cm³/mol. The van der Waals surface area contributed by atoms with E-state index >= 15 is 0 Å². The molecule has 0 aliphatic carbocycles. The molecular formula is C15H14Cl2FNS. The quantitative estimate of drug-likeness (QED) is 0.798. The van der Waals surface area contributed by atoms with Gasteiger partial charge in [-0.2, -0.15) is 0 Å². The highest BCUT2D eigenvalue weighted by atomic mass is 35.5. The summed E-state index contributed by atoms with van der Waals surface area (Å²) >= 11 is 13.4. The van der Waals surface area contributed by atoms with E-state index < -0.39 is 0 Å². The number of halogens is 3. The summed E-state index contributed by atoms with van der Waals surface area (Å²) in [6.07, 6.45) is 0.636. The lowest BCUT2D eigenvalue weighted by Crippen LogP contribution is -2.25. The SMILES string of the molecule is NC(CSc1ccccc1F)Cc1ccc(Cl)cc1Cl. The Labute approximate surface area is 132 Å². The van der Waals surface area contributed by atoms with Crippen molar-refractivity contribution < 1.29 is 4.39 Å². The Morgan fingerprint density at radius 3 is 2.60 bits per heavy atom. The molecule has 0 radical (unpaired) electrons. The molecule has 0 spiro atoms. The second-order valence-corrected chi connectivity index (χ2v) is 6.35. The van der Waals surface area contributed by atoms with Gasteiger partial charge in [0.1, 0.15) is 5.82 Å². The zero-order chi connectivity index (χ0) is 14.5. The minimum atomic E-state index is -0.214. The predicted octanol–water partition coefficient (Wildman–Crippen LogP) is 4.79. The number of benzene rings is 2. The summed E-state index contributed by atoms with van der Waals surface area (Å²) in [5.41, 5.74) is 7.03. The van der Waals surface area contributed by atoms with Crippen molar-refractivity contribution in [1.29, 1.82) is 0 Å². The lowest BCUT2D eigenvalue weighted by Gasteiger charge is -2.13. The van der Waals surface area contributed by atoms with Crippen LogP contribution in [0, 0.1) is 5.82 Å². The van der Waals surface area contributed by atoms with E-state index in [-0.39, 0.29) is 11.9 Å². The third kappa shape index (κ3) is 4.38. The van der Waals surface area contributed by atoms with E-state index in [9.17, 15) is 4.39 Å². The van der Waals surface area contributed by atoms with Crippen molar-refractivity contribution in [2.75, 3.05) is 5.75 Å². The number of thioether (sulfide) groups is 1. The van der Waals surface area contributed by atoms with E-state index in [0.29, 0.717) is 27.1 Å². The van der Waals surface area contributed by atoms with Gasteiger partial charge in [0.25, 0.3) is 0 Å². The first kappa shape index (κ1) is 15.6. The minimum Gasteiger partial charge on any atom is -0.327 e. The fraction of sp³-hybridized carbons (Fsp3) is 0.200. The molecule has 0 saturated carbocycles. The van der Waals surface area contributed by atoms with Crippen LogP contribution in [0.2, 0.25) is 10.0 Å². The lowest BCUT2D eigenvalue weighted by atomic mass is 10.1. The summed E-state index contributed by atoms with van der Waals surface area (Å²) in [5.74, 6) is 0.411. The second kappa shape index (κ2) is 7.32. The molecule has 1 unspecified atom stereocenters. The van der Waals surface area contributed by atoms with Gasteiger partial charge in [-0.25, -0.2) is 4.39 Å². The van der Waals surface area contributed by atoms with Crippen LogP contribution in [0.4, 0.5) is 4.39 Å². The first-order valence-electron chi connectivity index (χ1n) is 6.13. The van der Waals surface area contributed by atoms with Crippen LogP contribution in [0.1, 0.15) is 5.56 Å². The van der Waals surface area contributed by atoms with Gasteiger partial charge < -0.3 is 5.73 Å². The van der Waals surface area contributed by atoms with Gasteiger partial charge in [0.2, 0.25) is 0 Å². The molecule has 0 fully saturated rings. The van der Waals surface area contributed by atoms with E-state index in [1.54, 1.807) is 24.3 Å². The standard InChI is InChI=1S/C15H14Cl2FNS/c16-11-6-5-10(13(17)8-11)7-12(19)9-20-15-4-2-1-3-14(15)18/h1-6,8,12H,7,9,19H2. The molecule has 20 heavy (non-hydrogen) atoms. The van der Waals surface area contributed by atoms with Crippen LogP contribution in [0.15, 0.2) is 47.4 Å². The van der Waals surface area contributed by atoms with Crippen molar-refractivity contribution in [1.82, 2.24) is 0 Å². The molecule has 2 aromatic rings. The van der Waals surface area contributed by atoms with E-state index in [0.717, 1.165) is 5.56 Å². The van der Waals surface area contributed by atoms with Crippen LogP contribution < -0.4 is 5.73 Å². The highest BCUT2D eigenvalue weighted by Crippen LogP contribution is 2.25. The maximum atomic E-state index is 13.5. The number of rotatable bonds is 5. The summed E-state index contributed by atoms with van der Waals surface area (Å²) in [6.45, 7) is 0. The van der Waals surface area contributed by atoms with Crippen molar-refractivity contribution >= 4 is 35.0 Å². The van der Waals surface area contributed by atoms with Gasteiger partial charge in [0.15, 0.2) is 0 Å². The molecule has 1 nitrogen and oxygen atoms in total. The molecule has 0 heterocycles. The molecule has 0 aliphatic heterocycles. The molecule has 0 bridgehead atoms. The Kier molecular flexibility index (Phi) is 5.73. The molecule has 0 saturated heterocycles. The molecule has 2 rings (SSSR count). The van der Waals surface area contributed by atoms with Crippen LogP contribution in [-0.2, 0) is 6.42 Å². The molecule has 0 aliphatic rings. The highest BCUT2D eigenvalue weighted by Gasteiger charge is 2.10. The third-order valence-electron chi connectivity index (χ3n) is 2.79. The lowest BCUT2D eigenvalue weighted by molar-refractivity contribution is 0.601. The average Bonchev–Trinajstić information content (AvgIpc) is 2.41. The fourth-order valence-electron chi connectivity index (χ4n) is 1.79. The summed E-state index contributed by atoms with van der Waals surface area (Å²) < 4.78 is 13.5. The number of hydrogen-bond acceptors (Lipinski definition) is 2. The van der Waals surface area contributed by atoms with Gasteiger partial charge in [-0.3, -0.25) is 0 Å². The highest BCUT2D eigenvalue weighted by molar-refractivity contribution is 7.99. The Bertz CT molecular complexity index is 592. The Balaban J connectivity index is 1.92. The van der Waals surface area contributed by atoms with Crippen molar-refractivity contribution in [3.63, 3.8) is 0 Å². The van der Waals surface area contributed by atoms with Crippen LogP contribution in [-0.4, -0.2) is 11.8 Å². The summed E-state index contributed by atoms with van der Waals surface area (Å²) in [6, 6.07) is 12.0. The Morgan fingerprint density at radius 2 is 1.90 bits per heavy atom. The summed E-state index contributed by atoms with van der Waals surface area (Å²) in [7, 11) is 0. The van der Waals surface area contributed by atoms with E-state index in [2.05, 4.69) is 0 Å². The first-order chi connectivity index (χ1) is 9.56. The Morgan fingerprint density at radius 1 is 1.15 bits per heavy atom. The fourth-order valence-corrected chi connectivity index (χ4v) is 3.17. The maximum Gasteiger partial charge on any atom is 0.136 e. The monoisotopic (exact) mass is 329 g/mol. The van der Waals surface area contributed by atoms with Crippen LogP contribution >= 0.6 is 35.0 Å². The number of hydrogen-bond donors (Lipinski definition) is 1. The third-order valence-corrected chi connectivity index (χ3v) is 4.61. The molecule has 0 amide bonds. The largest absolute Gasteiger partial charge is 0.327 e. The smallest absolute Gasteiger partial charge is 0.136 e. The summed E-state index contributed by atoms with van der Waals surface area (Å²) in [4.78, 5) is 0.616. The van der Waals surface area contributed by atoms with Crippen LogP contribution in [0.5, 0.6) is 0 Å². The molecule has 1 atom stereocenters. The minimum absolute atomic E-state index is 0.0988.